The van der Waals surface area contributed by atoms with Crippen molar-refractivity contribution in [3.8, 4) is 0 Å². The molecule has 3 rings (SSSR count). The molecule has 0 atom stereocenters. The molecule has 1 aromatic heterocycles. The fraction of sp³-hybridized carbons (Fsp3) is 0.118. The van der Waals surface area contributed by atoms with Crippen molar-refractivity contribution >= 4 is 10.9 Å². The van der Waals surface area contributed by atoms with Crippen LogP contribution in [-0.4, -0.2) is 4.98 Å². The number of hydrogen-bond acceptors (Lipinski definition) is 2. The number of aromatic nitrogens is 1. The zero-order chi connectivity index (χ0) is 13.8. The number of nitrogens with zero attached hydrogens (tertiary/aromatic N) is 1. The predicted molar refractivity (Wildman–Crippen MR) is 78.7 cm³/mol. The summed E-state index contributed by atoms with van der Waals surface area (Å²) in [7, 11) is 0. The highest BCUT2D eigenvalue weighted by atomic mass is 19.1. The van der Waals surface area contributed by atoms with Crippen LogP contribution in [0.1, 0.15) is 11.1 Å². The number of nitrogens with one attached hydrogen (secondary N) is 1. The monoisotopic (exact) mass is 266 g/mol. The first-order valence-corrected chi connectivity index (χ1v) is 6.61. The molecule has 0 bridgehead atoms. The Balaban J connectivity index is 1.73. The van der Waals surface area contributed by atoms with Crippen LogP contribution in [0.15, 0.2) is 60.8 Å². The molecule has 3 aromatic rings. The van der Waals surface area contributed by atoms with Gasteiger partial charge in [0, 0.05) is 30.2 Å². The second kappa shape index (κ2) is 5.80. The number of benzene rings is 2. The van der Waals surface area contributed by atoms with Crippen LogP contribution in [0.25, 0.3) is 10.9 Å². The van der Waals surface area contributed by atoms with Gasteiger partial charge in [-0.25, -0.2) is 4.39 Å². The summed E-state index contributed by atoms with van der Waals surface area (Å²) in [4.78, 5) is 4.41. The standard InChI is InChI=1S/C17H15FN2/c18-16-9-2-1-5-14(16)11-19-12-15-7-3-6-13-8-4-10-20-17(13)15/h1-10,19H,11-12H2. The molecule has 0 spiro atoms. The Morgan fingerprint density at radius 3 is 2.50 bits per heavy atom. The number of rotatable bonds is 4. The maximum atomic E-state index is 13.5. The summed E-state index contributed by atoms with van der Waals surface area (Å²) in [5, 5.41) is 4.39. The lowest BCUT2D eigenvalue weighted by Crippen LogP contribution is -2.14. The van der Waals surface area contributed by atoms with Crippen molar-refractivity contribution in [1.29, 1.82) is 0 Å². The molecular weight excluding hydrogens is 251 g/mol. The summed E-state index contributed by atoms with van der Waals surface area (Å²) in [5.74, 6) is -0.170. The van der Waals surface area contributed by atoms with Gasteiger partial charge in [0.2, 0.25) is 0 Å². The average Bonchev–Trinajstić information content (AvgIpc) is 2.49. The number of fused-ring (bicyclic) bond motifs is 1. The van der Waals surface area contributed by atoms with E-state index in [0.717, 1.165) is 16.5 Å². The molecular formula is C17H15FN2. The van der Waals surface area contributed by atoms with Crippen LogP contribution in [0.5, 0.6) is 0 Å². The number of pyridine rings is 1. The fourth-order valence-electron chi connectivity index (χ4n) is 2.28. The molecule has 1 N–H and O–H groups in total. The quantitative estimate of drug-likeness (QED) is 0.779. The van der Waals surface area contributed by atoms with Crippen molar-refractivity contribution in [2.45, 2.75) is 13.1 Å². The molecule has 0 saturated heterocycles. The highest BCUT2D eigenvalue weighted by molar-refractivity contribution is 5.81. The summed E-state index contributed by atoms with van der Waals surface area (Å²) >= 11 is 0. The summed E-state index contributed by atoms with van der Waals surface area (Å²) in [6, 6.07) is 16.9. The third-order valence-electron chi connectivity index (χ3n) is 3.31. The van der Waals surface area contributed by atoms with Gasteiger partial charge in [0.1, 0.15) is 5.82 Å². The molecule has 0 unspecified atom stereocenters. The van der Waals surface area contributed by atoms with E-state index in [-0.39, 0.29) is 5.82 Å². The Morgan fingerprint density at radius 2 is 1.60 bits per heavy atom. The molecule has 0 amide bonds. The minimum absolute atomic E-state index is 0.170. The van der Waals surface area contributed by atoms with Gasteiger partial charge in [0.15, 0.2) is 0 Å². The van der Waals surface area contributed by atoms with Gasteiger partial charge in [0.25, 0.3) is 0 Å². The molecule has 20 heavy (non-hydrogen) atoms. The van der Waals surface area contributed by atoms with Crippen molar-refractivity contribution < 1.29 is 4.39 Å². The Kier molecular flexibility index (Phi) is 3.70. The Bertz CT molecular complexity index is 720. The largest absolute Gasteiger partial charge is 0.308 e. The van der Waals surface area contributed by atoms with Crippen LogP contribution in [0, 0.1) is 5.82 Å². The van der Waals surface area contributed by atoms with Gasteiger partial charge in [0.05, 0.1) is 5.52 Å². The van der Waals surface area contributed by atoms with Gasteiger partial charge >= 0.3 is 0 Å². The lowest BCUT2D eigenvalue weighted by atomic mass is 10.1. The molecule has 0 aliphatic rings. The normalized spacial score (nSPS) is 10.8. The average molecular weight is 266 g/mol. The first-order valence-electron chi connectivity index (χ1n) is 6.61. The van der Waals surface area contributed by atoms with Crippen LogP contribution in [0.4, 0.5) is 4.39 Å². The van der Waals surface area contributed by atoms with Gasteiger partial charge in [-0.1, -0.05) is 42.5 Å². The molecule has 2 aromatic carbocycles. The topological polar surface area (TPSA) is 24.9 Å². The minimum atomic E-state index is -0.170. The van der Waals surface area contributed by atoms with Gasteiger partial charge < -0.3 is 5.32 Å². The second-order valence-corrected chi connectivity index (χ2v) is 4.69. The number of halogens is 1. The van der Waals surface area contributed by atoms with Crippen molar-refractivity contribution in [1.82, 2.24) is 10.3 Å². The first kappa shape index (κ1) is 12.8. The third kappa shape index (κ3) is 2.68. The summed E-state index contributed by atoms with van der Waals surface area (Å²) in [6.45, 7) is 1.18. The SMILES string of the molecule is Fc1ccccc1CNCc1cccc2cccnc12. The van der Waals surface area contributed by atoms with Crippen LogP contribution in [0.2, 0.25) is 0 Å². The highest BCUT2D eigenvalue weighted by Gasteiger charge is 2.03. The fourth-order valence-corrected chi connectivity index (χ4v) is 2.28. The molecule has 0 saturated carbocycles. The predicted octanol–water partition coefficient (Wildman–Crippen LogP) is 3.66. The van der Waals surface area contributed by atoms with E-state index in [1.165, 1.54) is 6.07 Å². The second-order valence-electron chi connectivity index (χ2n) is 4.69. The van der Waals surface area contributed by atoms with E-state index in [1.54, 1.807) is 18.3 Å². The maximum absolute atomic E-state index is 13.5. The minimum Gasteiger partial charge on any atom is -0.308 e. The molecule has 0 radical (unpaired) electrons. The van der Waals surface area contributed by atoms with E-state index in [9.17, 15) is 4.39 Å². The van der Waals surface area contributed by atoms with Gasteiger partial charge in [-0.2, -0.15) is 0 Å². The smallest absolute Gasteiger partial charge is 0.127 e. The van der Waals surface area contributed by atoms with E-state index in [4.69, 9.17) is 0 Å². The van der Waals surface area contributed by atoms with Gasteiger partial charge in [-0.3, -0.25) is 4.98 Å². The molecule has 1 heterocycles. The van der Waals surface area contributed by atoms with E-state index in [1.807, 2.05) is 36.4 Å². The molecule has 0 aliphatic carbocycles. The lowest BCUT2D eigenvalue weighted by molar-refractivity contribution is 0.588. The lowest BCUT2D eigenvalue weighted by Gasteiger charge is -2.08. The Morgan fingerprint density at radius 1 is 0.850 bits per heavy atom. The molecule has 0 fully saturated rings. The maximum Gasteiger partial charge on any atom is 0.127 e. The van der Waals surface area contributed by atoms with E-state index >= 15 is 0 Å². The van der Waals surface area contributed by atoms with E-state index in [2.05, 4.69) is 10.3 Å². The summed E-state index contributed by atoms with van der Waals surface area (Å²) < 4.78 is 13.5. The van der Waals surface area contributed by atoms with E-state index < -0.39 is 0 Å². The molecule has 0 aliphatic heterocycles. The number of para-hydroxylation sites is 1. The van der Waals surface area contributed by atoms with Crippen LogP contribution in [-0.2, 0) is 13.1 Å². The van der Waals surface area contributed by atoms with Crippen LogP contribution < -0.4 is 5.32 Å². The number of hydrogen-bond donors (Lipinski definition) is 1. The highest BCUT2D eigenvalue weighted by Crippen LogP contribution is 2.16. The zero-order valence-electron chi connectivity index (χ0n) is 11.0. The Labute approximate surface area is 117 Å². The zero-order valence-corrected chi connectivity index (χ0v) is 11.0. The third-order valence-corrected chi connectivity index (χ3v) is 3.31. The summed E-state index contributed by atoms with van der Waals surface area (Å²) in [6.07, 6.45) is 1.79. The van der Waals surface area contributed by atoms with Crippen molar-refractivity contribution in [3.05, 3.63) is 77.7 Å². The van der Waals surface area contributed by atoms with E-state index in [0.29, 0.717) is 18.7 Å². The summed E-state index contributed by atoms with van der Waals surface area (Å²) in [5.41, 5.74) is 2.80. The molecule has 100 valence electrons. The molecule has 2 nitrogen and oxygen atoms in total. The molecule has 3 heteroatoms. The van der Waals surface area contributed by atoms with Crippen LogP contribution >= 0.6 is 0 Å². The van der Waals surface area contributed by atoms with Crippen molar-refractivity contribution in [2.24, 2.45) is 0 Å². The van der Waals surface area contributed by atoms with Crippen molar-refractivity contribution in [3.63, 3.8) is 0 Å². The first-order chi connectivity index (χ1) is 9.84. The van der Waals surface area contributed by atoms with Crippen LogP contribution in [0.3, 0.4) is 0 Å². The van der Waals surface area contributed by atoms with Gasteiger partial charge in [-0.15, -0.1) is 0 Å². The van der Waals surface area contributed by atoms with Crippen molar-refractivity contribution in [2.75, 3.05) is 0 Å². The van der Waals surface area contributed by atoms with Gasteiger partial charge in [-0.05, 0) is 17.7 Å². The Hall–Kier alpha value is -2.26.